The van der Waals surface area contributed by atoms with Crippen molar-refractivity contribution in [2.75, 3.05) is 6.61 Å². The molecule has 3 saturated carbocycles. The van der Waals surface area contributed by atoms with E-state index in [9.17, 15) is 24.3 Å². The van der Waals surface area contributed by atoms with Crippen LogP contribution in [0.25, 0.3) is 0 Å². The van der Waals surface area contributed by atoms with Crippen LogP contribution < -0.4 is 0 Å². The van der Waals surface area contributed by atoms with E-state index in [0.29, 0.717) is 19.3 Å². The molecule has 0 heterocycles. The van der Waals surface area contributed by atoms with Gasteiger partial charge in [-0.1, -0.05) is 39.3 Å². The summed E-state index contributed by atoms with van der Waals surface area (Å²) in [7, 11) is 0. The lowest BCUT2D eigenvalue weighted by Crippen LogP contribution is -2.69. The fourth-order valence-corrected chi connectivity index (χ4v) is 8.45. The van der Waals surface area contributed by atoms with Crippen LogP contribution >= 0.6 is 11.6 Å². The number of halogens is 1. The summed E-state index contributed by atoms with van der Waals surface area (Å²) in [6.45, 7) is 8.16. The molecule has 0 bridgehead atoms. The van der Waals surface area contributed by atoms with Gasteiger partial charge in [0.2, 0.25) is 5.78 Å². The van der Waals surface area contributed by atoms with Gasteiger partial charge in [0.05, 0.1) is 11.0 Å². The van der Waals surface area contributed by atoms with Crippen molar-refractivity contribution in [3.8, 4) is 0 Å². The minimum absolute atomic E-state index is 0.0811. The highest BCUT2D eigenvalue weighted by molar-refractivity contribution is 6.26. The molecule has 3 fully saturated rings. The van der Waals surface area contributed by atoms with Crippen molar-refractivity contribution in [2.45, 2.75) is 83.3 Å². The summed E-state index contributed by atoms with van der Waals surface area (Å²) < 4.78 is 11.1. The number of rotatable bonds is 5. The molecule has 4 rings (SSSR count). The molecule has 0 aromatic carbocycles. The van der Waals surface area contributed by atoms with E-state index in [0.717, 1.165) is 5.57 Å². The summed E-state index contributed by atoms with van der Waals surface area (Å²) in [6, 6.07) is 0. The van der Waals surface area contributed by atoms with Crippen LogP contribution in [-0.4, -0.2) is 51.8 Å². The molecule has 4 aliphatic rings. The molecular formula is C27H35ClO7. The molecule has 0 aliphatic heterocycles. The van der Waals surface area contributed by atoms with Crippen molar-refractivity contribution in [3.05, 3.63) is 23.8 Å². The Morgan fingerprint density at radius 3 is 2.54 bits per heavy atom. The summed E-state index contributed by atoms with van der Waals surface area (Å²) in [4.78, 5) is 48.9. The van der Waals surface area contributed by atoms with E-state index < -0.39 is 51.7 Å². The van der Waals surface area contributed by atoms with Gasteiger partial charge in [-0.3, -0.25) is 19.2 Å². The second-order valence-electron chi connectivity index (χ2n) is 11.2. The summed E-state index contributed by atoms with van der Waals surface area (Å²) in [5.74, 6) is -2.34. The zero-order chi connectivity index (χ0) is 26.0. The topological polar surface area (TPSA) is 107 Å². The Hall–Kier alpha value is -1.99. The zero-order valence-corrected chi connectivity index (χ0v) is 21.8. The van der Waals surface area contributed by atoms with E-state index in [1.54, 1.807) is 13.0 Å². The molecule has 192 valence electrons. The van der Waals surface area contributed by atoms with Crippen LogP contribution in [0.15, 0.2) is 23.8 Å². The third kappa shape index (κ3) is 3.41. The van der Waals surface area contributed by atoms with Gasteiger partial charge in [-0.25, -0.2) is 0 Å². The van der Waals surface area contributed by atoms with E-state index in [1.807, 2.05) is 26.8 Å². The van der Waals surface area contributed by atoms with Crippen molar-refractivity contribution in [3.63, 3.8) is 0 Å². The number of carbonyl (C=O) groups is 4. The Balaban J connectivity index is 1.82. The molecule has 35 heavy (non-hydrogen) atoms. The number of aliphatic hydroxyl groups excluding tert-OH is 1. The summed E-state index contributed by atoms with van der Waals surface area (Å²) in [6.07, 6.45) is 6.04. The number of ketones is 2. The van der Waals surface area contributed by atoms with Crippen molar-refractivity contribution in [1.82, 2.24) is 0 Å². The molecular weight excluding hydrogens is 472 g/mol. The van der Waals surface area contributed by atoms with Crippen molar-refractivity contribution in [2.24, 2.45) is 28.6 Å². The number of fused-ring (bicyclic) bond motifs is 5. The van der Waals surface area contributed by atoms with Crippen molar-refractivity contribution in [1.29, 1.82) is 0 Å². The number of hydrogen-bond acceptors (Lipinski definition) is 7. The van der Waals surface area contributed by atoms with Gasteiger partial charge in [0.1, 0.15) is 0 Å². The predicted octanol–water partition coefficient (Wildman–Crippen LogP) is 3.70. The number of esters is 2. The highest BCUT2D eigenvalue weighted by Crippen LogP contribution is 2.72. The quantitative estimate of drug-likeness (QED) is 0.447. The molecule has 0 saturated heterocycles. The first-order valence-electron chi connectivity index (χ1n) is 12.5. The third-order valence-corrected chi connectivity index (χ3v) is 10.5. The smallest absolute Gasteiger partial charge is 0.306 e. The van der Waals surface area contributed by atoms with Crippen LogP contribution in [0, 0.1) is 28.6 Å². The third-order valence-electron chi connectivity index (χ3n) is 9.57. The maximum atomic E-state index is 13.7. The lowest BCUT2D eigenvalue weighted by atomic mass is 9.45. The van der Waals surface area contributed by atoms with Gasteiger partial charge in [-0.05, 0) is 49.7 Å². The lowest BCUT2D eigenvalue weighted by Gasteiger charge is -2.64. The highest BCUT2D eigenvalue weighted by atomic mass is 35.5. The summed E-state index contributed by atoms with van der Waals surface area (Å²) in [5, 5.41) is 11.7. The van der Waals surface area contributed by atoms with Gasteiger partial charge < -0.3 is 14.6 Å². The van der Waals surface area contributed by atoms with E-state index in [4.69, 9.17) is 21.1 Å². The van der Waals surface area contributed by atoms with E-state index in [1.165, 1.54) is 13.0 Å². The van der Waals surface area contributed by atoms with Crippen LogP contribution in [-0.2, 0) is 28.7 Å². The van der Waals surface area contributed by atoms with Gasteiger partial charge in [-0.2, -0.15) is 0 Å². The first-order valence-corrected chi connectivity index (χ1v) is 12.9. The maximum Gasteiger partial charge on any atom is 0.306 e. The average molecular weight is 507 g/mol. The van der Waals surface area contributed by atoms with Crippen LogP contribution in [0.3, 0.4) is 0 Å². The largest absolute Gasteiger partial charge is 0.458 e. The van der Waals surface area contributed by atoms with Crippen LogP contribution in [0.4, 0.5) is 0 Å². The summed E-state index contributed by atoms with van der Waals surface area (Å²) in [5.41, 5.74) is -2.26. The van der Waals surface area contributed by atoms with Crippen LogP contribution in [0.1, 0.15) is 66.7 Å². The Bertz CT molecular complexity index is 1030. The first-order chi connectivity index (χ1) is 16.3. The van der Waals surface area contributed by atoms with Crippen molar-refractivity contribution < 1.29 is 33.8 Å². The van der Waals surface area contributed by atoms with E-state index in [2.05, 4.69) is 0 Å². The maximum absolute atomic E-state index is 13.7. The summed E-state index contributed by atoms with van der Waals surface area (Å²) >= 11 is 7.46. The Kier molecular flexibility index (Phi) is 6.37. The molecule has 0 radical (unpaired) electrons. The second kappa shape index (κ2) is 8.55. The second-order valence-corrected chi connectivity index (χ2v) is 11.8. The number of carbonyl (C=O) groups excluding carboxylic acids is 4. The number of hydrogen-bond donors (Lipinski definition) is 1. The highest BCUT2D eigenvalue weighted by Gasteiger charge is 2.76. The monoisotopic (exact) mass is 506 g/mol. The van der Waals surface area contributed by atoms with Gasteiger partial charge in [0, 0.05) is 30.1 Å². The van der Waals surface area contributed by atoms with Gasteiger partial charge in [0.25, 0.3) is 0 Å². The molecule has 8 atom stereocenters. The Morgan fingerprint density at radius 2 is 1.91 bits per heavy atom. The van der Waals surface area contributed by atoms with Gasteiger partial charge in [0.15, 0.2) is 18.0 Å². The van der Waals surface area contributed by atoms with Gasteiger partial charge >= 0.3 is 11.9 Å². The molecule has 8 unspecified atom stereocenters. The molecule has 0 amide bonds. The minimum atomic E-state index is -1.55. The normalized spacial score (nSPS) is 44.0. The molecule has 0 spiro atoms. The number of allylic oxidation sites excluding steroid dienone is 4. The van der Waals surface area contributed by atoms with Crippen LogP contribution in [0.5, 0.6) is 0 Å². The van der Waals surface area contributed by atoms with Gasteiger partial charge in [-0.15, -0.1) is 11.6 Å². The average Bonchev–Trinajstić information content (AvgIpc) is 3.00. The number of alkyl halides is 1. The SMILES string of the molecule is CCC(=O)OC1(C(=O)COC(C)=O)C(C)CC2C3CCC4=CC(=O)C=CC4(C)C3(Cl)C(O)CC21C. The molecule has 1 N–H and O–H groups in total. The number of ether oxygens (including phenoxy) is 2. The van der Waals surface area contributed by atoms with Crippen molar-refractivity contribution >= 4 is 35.1 Å². The number of aliphatic hydroxyl groups is 1. The zero-order valence-electron chi connectivity index (χ0n) is 21.1. The molecule has 0 aromatic heterocycles. The first kappa shape index (κ1) is 26.1. The van der Waals surface area contributed by atoms with E-state index >= 15 is 0 Å². The Labute approximate surface area is 211 Å². The fourth-order valence-electron chi connectivity index (χ4n) is 7.92. The molecule has 0 aromatic rings. The standard InChI is InChI=1S/C27H35ClO7/c1-6-23(33)35-27(22(32)14-34-16(3)29)15(2)11-20-19-8-7-17-12-18(30)9-10-24(17,4)26(19,28)21(31)13-25(20,27)5/h9-10,12,15,19-21,31H,6-8,11,13-14H2,1-5H3. The fraction of sp³-hybridized carbons (Fsp3) is 0.704. The minimum Gasteiger partial charge on any atom is -0.458 e. The molecule has 4 aliphatic carbocycles. The molecule has 8 heteroatoms. The predicted molar refractivity (Wildman–Crippen MR) is 128 cm³/mol. The number of Topliss-reactive ketones (excluding diaryl/α,β-unsaturated/α-hetero) is 1. The Morgan fingerprint density at radius 1 is 1.23 bits per heavy atom. The molecule has 7 nitrogen and oxygen atoms in total. The van der Waals surface area contributed by atoms with E-state index in [-0.39, 0.29) is 36.4 Å². The lowest BCUT2D eigenvalue weighted by molar-refractivity contribution is -0.203. The van der Waals surface area contributed by atoms with Crippen LogP contribution in [0.2, 0.25) is 0 Å².